The van der Waals surface area contributed by atoms with Gasteiger partial charge >= 0.3 is 0 Å². The highest BCUT2D eigenvalue weighted by Gasteiger charge is 2.17. The van der Waals surface area contributed by atoms with Crippen LogP contribution in [0.15, 0.2) is 42.5 Å². The minimum absolute atomic E-state index is 0.260. The Hall–Kier alpha value is -2.36. The van der Waals surface area contributed by atoms with E-state index in [0.717, 1.165) is 16.3 Å². The third-order valence-electron chi connectivity index (χ3n) is 3.02. The standard InChI is InChI=1S/C15H16N2O2/c1-10(18)17-14(15(16)19)9-12-7-4-6-11-5-2-3-8-13(11)12/h2-8,14H,9H2,1H3,(H2,16,19)(H,17,18)/t14-/m1/s1. The summed E-state index contributed by atoms with van der Waals surface area (Å²) in [7, 11) is 0. The number of nitrogens with two attached hydrogens (primary N) is 1. The number of hydrogen-bond acceptors (Lipinski definition) is 2. The van der Waals surface area contributed by atoms with Crippen molar-refractivity contribution in [2.24, 2.45) is 5.73 Å². The van der Waals surface area contributed by atoms with E-state index in [1.807, 2.05) is 42.5 Å². The summed E-state index contributed by atoms with van der Waals surface area (Å²) in [5.41, 5.74) is 6.32. The summed E-state index contributed by atoms with van der Waals surface area (Å²) in [6, 6.07) is 13.1. The van der Waals surface area contributed by atoms with Gasteiger partial charge in [-0.3, -0.25) is 9.59 Å². The maximum absolute atomic E-state index is 11.4. The molecule has 3 N–H and O–H groups in total. The van der Waals surface area contributed by atoms with E-state index in [2.05, 4.69) is 5.32 Å². The van der Waals surface area contributed by atoms with Gasteiger partial charge in [0.2, 0.25) is 11.8 Å². The zero-order valence-corrected chi connectivity index (χ0v) is 10.7. The molecular weight excluding hydrogens is 240 g/mol. The summed E-state index contributed by atoms with van der Waals surface area (Å²) in [6.07, 6.45) is 0.399. The summed E-state index contributed by atoms with van der Waals surface area (Å²) < 4.78 is 0. The van der Waals surface area contributed by atoms with Crippen LogP contribution in [0.25, 0.3) is 10.8 Å². The Morgan fingerprint density at radius 2 is 1.84 bits per heavy atom. The Kier molecular flexibility index (Phi) is 3.80. The maximum atomic E-state index is 11.4. The van der Waals surface area contributed by atoms with Crippen LogP contribution in [-0.4, -0.2) is 17.9 Å². The topological polar surface area (TPSA) is 72.2 Å². The Morgan fingerprint density at radius 1 is 1.16 bits per heavy atom. The number of carbonyl (C=O) groups excluding carboxylic acids is 2. The molecule has 0 radical (unpaired) electrons. The third kappa shape index (κ3) is 3.10. The van der Waals surface area contributed by atoms with Gasteiger partial charge in [0.05, 0.1) is 0 Å². The van der Waals surface area contributed by atoms with Gasteiger partial charge in [0.1, 0.15) is 6.04 Å². The second-order valence-electron chi connectivity index (χ2n) is 4.50. The van der Waals surface area contributed by atoms with Crippen LogP contribution in [-0.2, 0) is 16.0 Å². The van der Waals surface area contributed by atoms with Gasteiger partial charge in [-0.25, -0.2) is 0 Å². The van der Waals surface area contributed by atoms with Gasteiger partial charge in [-0.2, -0.15) is 0 Å². The second-order valence-corrected chi connectivity index (χ2v) is 4.50. The largest absolute Gasteiger partial charge is 0.368 e. The molecule has 2 aromatic rings. The molecule has 0 aromatic heterocycles. The molecule has 0 heterocycles. The summed E-state index contributed by atoms with van der Waals surface area (Å²) >= 11 is 0. The van der Waals surface area contributed by atoms with E-state index in [-0.39, 0.29) is 5.91 Å². The van der Waals surface area contributed by atoms with Crippen molar-refractivity contribution in [3.8, 4) is 0 Å². The number of nitrogens with one attached hydrogen (secondary N) is 1. The molecule has 4 heteroatoms. The molecule has 2 rings (SSSR count). The van der Waals surface area contributed by atoms with E-state index < -0.39 is 11.9 Å². The zero-order valence-electron chi connectivity index (χ0n) is 10.7. The number of fused-ring (bicyclic) bond motifs is 1. The van der Waals surface area contributed by atoms with Crippen LogP contribution in [0.4, 0.5) is 0 Å². The van der Waals surface area contributed by atoms with Crippen LogP contribution in [0.1, 0.15) is 12.5 Å². The van der Waals surface area contributed by atoms with Crippen molar-refractivity contribution in [2.45, 2.75) is 19.4 Å². The fourth-order valence-corrected chi connectivity index (χ4v) is 2.16. The fourth-order valence-electron chi connectivity index (χ4n) is 2.16. The molecule has 0 spiro atoms. The average Bonchev–Trinajstić information content (AvgIpc) is 2.37. The highest BCUT2D eigenvalue weighted by molar-refractivity contribution is 5.89. The highest BCUT2D eigenvalue weighted by Crippen LogP contribution is 2.19. The number of rotatable bonds is 4. The fraction of sp³-hybridized carbons (Fsp3) is 0.200. The average molecular weight is 256 g/mol. The lowest BCUT2D eigenvalue weighted by Gasteiger charge is -2.15. The van der Waals surface area contributed by atoms with Crippen molar-refractivity contribution >= 4 is 22.6 Å². The molecule has 2 aromatic carbocycles. The molecule has 0 saturated carbocycles. The molecule has 4 nitrogen and oxygen atoms in total. The van der Waals surface area contributed by atoms with Gasteiger partial charge in [-0.05, 0) is 16.3 Å². The molecule has 0 bridgehead atoms. The molecule has 98 valence electrons. The number of hydrogen-bond donors (Lipinski definition) is 2. The van der Waals surface area contributed by atoms with Crippen LogP contribution in [0.5, 0.6) is 0 Å². The molecule has 0 aliphatic heterocycles. The van der Waals surface area contributed by atoms with Crippen molar-refractivity contribution in [1.82, 2.24) is 5.32 Å². The first-order valence-electron chi connectivity index (χ1n) is 6.11. The predicted molar refractivity (Wildman–Crippen MR) is 74.5 cm³/mol. The Labute approximate surface area is 111 Å². The SMILES string of the molecule is CC(=O)N[C@H](Cc1cccc2ccccc12)C(N)=O. The molecule has 19 heavy (non-hydrogen) atoms. The van der Waals surface area contributed by atoms with Crippen molar-refractivity contribution < 1.29 is 9.59 Å². The van der Waals surface area contributed by atoms with Gasteiger partial charge in [-0.15, -0.1) is 0 Å². The predicted octanol–water partition coefficient (Wildman–Crippen LogP) is 1.37. The molecule has 0 aliphatic rings. The highest BCUT2D eigenvalue weighted by atomic mass is 16.2. The number of primary amides is 1. The van der Waals surface area contributed by atoms with Gasteiger partial charge in [0.25, 0.3) is 0 Å². The van der Waals surface area contributed by atoms with Crippen molar-refractivity contribution in [2.75, 3.05) is 0 Å². The summed E-state index contributed by atoms with van der Waals surface area (Å²) in [6.45, 7) is 1.37. The summed E-state index contributed by atoms with van der Waals surface area (Å²) in [4.78, 5) is 22.5. The Balaban J connectivity index is 2.33. The lowest BCUT2D eigenvalue weighted by molar-refractivity contribution is -0.126. The molecular formula is C15H16N2O2. The second kappa shape index (κ2) is 5.52. The van der Waals surface area contributed by atoms with Crippen LogP contribution >= 0.6 is 0 Å². The van der Waals surface area contributed by atoms with E-state index in [0.29, 0.717) is 6.42 Å². The molecule has 0 aliphatic carbocycles. The van der Waals surface area contributed by atoms with Crippen LogP contribution in [0, 0.1) is 0 Å². The lowest BCUT2D eigenvalue weighted by atomic mass is 9.98. The smallest absolute Gasteiger partial charge is 0.240 e. The van der Waals surface area contributed by atoms with E-state index in [4.69, 9.17) is 5.73 Å². The van der Waals surface area contributed by atoms with Gasteiger partial charge in [0.15, 0.2) is 0 Å². The normalized spacial score (nSPS) is 12.1. The monoisotopic (exact) mass is 256 g/mol. The van der Waals surface area contributed by atoms with E-state index in [1.54, 1.807) is 0 Å². The molecule has 2 amide bonds. The van der Waals surface area contributed by atoms with Gasteiger partial charge in [-0.1, -0.05) is 42.5 Å². The van der Waals surface area contributed by atoms with Crippen LogP contribution in [0.3, 0.4) is 0 Å². The van der Waals surface area contributed by atoms with Crippen molar-refractivity contribution in [3.63, 3.8) is 0 Å². The summed E-state index contributed by atoms with van der Waals surface area (Å²) in [5.74, 6) is -0.785. The van der Waals surface area contributed by atoms with Crippen LogP contribution in [0.2, 0.25) is 0 Å². The molecule has 0 fully saturated rings. The molecule has 0 saturated heterocycles. The van der Waals surface area contributed by atoms with E-state index >= 15 is 0 Å². The van der Waals surface area contributed by atoms with Gasteiger partial charge < -0.3 is 11.1 Å². The van der Waals surface area contributed by atoms with Crippen molar-refractivity contribution in [3.05, 3.63) is 48.0 Å². The molecule has 0 unspecified atom stereocenters. The number of carbonyl (C=O) groups is 2. The first-order chi connectivity index (χ1) is 9.08. The third-order valence-corrected chi connectivity index (χ3v) is 3.02. The van der Waals surface area contributed by atoms with Gasteiger partial charge in [0, 0.05) is 13.3 Å². The number of benzene rings is 2. The first kappa shape index (κ1) is 13.1. The molecule has 1 atom stereocenters. The Bertz CT molecular complexity index is 617. The Morgan fingerprint density at radius 3 is 2.53 bits per heavy atom. The van der Waals surface area contributed by atoms with E-state index in [9.17, 15) is 9.59 Å². The minimum atomic E-state index is -0.677. The minimum Gasteiger partial charge on any atom is -0.368 e. The quantitative estimate of drug-likeness (QED) is 0.867. The first-order valence-corrected chi connectivity index (χ1v) is 6.11. The van der Waals surface area contributed by atoms with E-state index in [1.165, 1.54) is 6.92 Å². The van der Waals surface area contributed by atoms with Crippen LogP contribution < -0.4 is 11.1 Å². The summed E-state index contributed by atoms with van der Waals surface area (Å²) in [5, 5.41) is 4.75. The zero-order chi connectivity index (χ0) is 13.8. The lowest BCUT2D eigenvalue weighted by Crippen LogP contribution is -2.45. The van der Waals surface area contributed by atoms with Crippen molar-refractivity contribution in [1.29, 1.82) is 0 Å². The maximum Gasteiger partial charge on any atom is 0.240 e. The number of amides is 2.